The van der Waals surface area contributed by atoms with Crippen LogP contribution in [0, 0.1) is 6.92 Å². The molecule has 4 rings (SSSR count). The summed E-state index contributed by atoms with van der Waals surface area (Å²) in [6.45, 7) is 3.04. The predicted molar refractivity (Wildman–Crippen MR) is 101 cm³/mol. The number of alkyl halides is 3. The Morgan fingerprint density at radius 1 is 1.11 bits per heavy atom. The Bertz CT molecular complexity index is 949. The van der Waals surface area contributed by atoms with E-state index in [1.54, 1.807) is 13.2 Å². The number of ether oxygens (including phenoxy) is 1. The summed E-state index contributed by atoms with van der Waals surface area (Å²) in [6.07, 6.45) is -3.49. The van der Waals surface area contributed by atoms with E-state index in [9.17, 15) is 18.0 Å². The topological polar surface area (TPSA) is 38.3 Å². The number of halogens is 3. The molecule has 3 nitrogen and oxygen atoms in total. The summed E-state index contributed by atoms with van der Waals surface area (Å²) in [5.74, 6) is 0.543. The van der Waals surface area contributed by atoms with Gasteiger partial charge in [0.05, 0.1) is 18.1 Å². The molecule has 1 N–H and O–H groups in total. The minimum Gasteiger partial charge on any atom is -0.497 e. The summed E-state index contributed by atoms with van der Waals surface area (Å²) in [7, 11) is 1.56. The highest BCUT2D eigenvalue weighted by atomic mass is 32.2. The van der Waals surface area contributed by atoms with Crippen LogP contribution >= 0.6 is 11.8 Å². The lowest BCUT2D eigenvalue weighted by Gasteiger charge is -2.37. The van der Waals surface area contributed by atoms with Gasteiger partial charge in [-0.15, -0.1) is 0 Å². The van der Waals surface area contributed by atoms with Gasteiger partial charge in [-0.2, -0.15) is 13.2 Å². The minimum absolute atomic E-state index is 0.0882. The molecular formula is C21H20F3NO2S. The van der Waals surface area contributed by atoms with E-state index in [-0.39, 0.29) is 5.78 Å². The van der Waals surface area contributed by atoms with E-state index in [1.807, 2.05) is 13.0 Å². The molecule has 2 aromatic carbocycles. The maximum Gasteiger partial charge on any atom is 0.416 e. The second-order valence-electron chi connectivity index (χ2n) is 7.29. The number of hydrogen-bond acceptors (Lipinski definition) is 4. The maximum absolute atomic E-state index is 13.8. The van der Waals surface area contributed by atoms with Crippen molar-refractivity contribution in [2.45, 2.75) is 41.1 Å². The monoisotopic (exact) mass is 407 g/mol. The summed E-state index contributed by atoms with van der Waals surface area (Å²) >= 11 is 1.35. The number of ketones is 1. The highest BCUT2D eigenvalue weighted by Crippen LogP contribution is 2.50. The molecule has 0 atom stereocenters. The summed E-state index contributed by atoms with van der Waals surface area (Å²) in [5, 5.41) is 3.23. The average Bonchev–Trinajstić information content (AvgIpc) is 2.75. The Balaban J connectivity index is 1.99. The van der Waals surface area contributed by atoms with Gasteiger partial charge in [0, 0.05) is 15.4 Å². The summed E-state index contributed by atoms with van der Waals surface area (Å²) < 4.78 is 45.6. The van der Waals surface area contributed by atoms with E-state index >= 15 is 0 Å². The van der Waals surface area contributed by atoms with Crippen LogP contribution in [0.25, 0.3) is 0 Å². The molecule has 2 heterocycles. The molecule has 0 saturated carbocycles. The molecule has 2 aliphatic rings. The third-order valence-electron chi connectivity index (χ3n) is 5.67. The summed E-state index contributed by atoms with van der Waals surface area (Å²) in [5.41, 5.74) is 0.219. The molecule has 148 valence electrons. The van der Waals surface area contributed by atoms with Crippen molar-refractivity contribution in [2.24, 2.45) is 0 Å². The fourth-order valence-corrected chi connectivity index (χ4v) is 5.48. The molecule has 28 heavy (non-hydrogen) atoms. The van der Waals surface area contributed by atoms with Gasteiger partial charge in [-0.1, -0.05) is 11.8 Å². The summed E-state index contributed by atoms with van der Waals surface area (Å²) in [4.78, 5) is 15.2. The van der Waals surface area contributed by atoms with Crippen molar-refractivity contribution >= 4 is 17.5 Å². The number of Topliss-reactive ketones (excluding diaryl/α,β-unsaturated/α-hetero) is 1. The second kappa shape index (κ2) is 6.81. The van der Waals surface area contributed by atoms with Gasteiger partial charge in [0.2, 0.25) is 0 Å². The highest BCUT2D eigenvalue weighted by Gasteiger charge is 2.47. The molecule has 0 radical (unpaired) electrons. The van der Waals surface area contributed by atoms with Crippen molar-refractivity contribution in [1.29, 1.82) is 0 Å². The van der Waals surface area contributed by atoms with E-state index in [1.165, 1.54) is 23.9 Å². The molecule has 1 saturated heterocycles. The van der Waals surface area contributed by atoms with Crippen molar-refractivity contribution in [3.05, 3.63) is 52.6 Å². The first-order chi connectivity index (χ1) is 13.3. The number of methoxy groups -OCH3 is 1. The average molecular weight is 407 g/mol. The normalized spacial score (nSPS) is 18.4. The lowest BCUT2D eigenvalue weighted by Crippen LogP contribution is -2.46. The lowest BCUT2D eigenvalue weighted by atomic mass is 9.67. The molecule has 1 spiro atoms. The number of nitrogens with one attached hydrogen (secondary N) is 1. The largest absolute Gasteiger partial charge is 0.497 e. The van der Waals surface area contributed by atoms with Crippen molar-refractivity contribution in [3.8, 4) is 5.75 Å². The predicted octanol–water partition coefficient (Wildman–Crippen LogP) is 4.99. The van der Waals surface area contributed by atoms with E-state index < -0.39 is 17.2 Å². The number of carbonyl (C=O) groups is 1. The van der Waals surface area contributed by atoms with Gasteiger partial charge < -0.3 is 10.1 Å². The van der Waals surface area contributed by atoms with Crippen LogP contribution in [0.5, 0.6) is 5.75 Å². The molecule has 2 aromatic rings. The molecule has 1 fully saturated rings. The first-order valence-electron chi connectivity index (χ1n) is 9.10. The number of piperidine rings is 1. The van der Waals surface area contributed by atoms with Crippen molar-refractivity contribution in [2.75, 3.05) is 20.2 Å². The highest BCUT2D eigenvalue weighted by molar-refractivity contribution is 7.99. The molecule has 0 aliphatic carbocycles. The SMILES string of the molecule is COc1cc(C)c2c(c1)Sc1ccc(C(F)(F)F)cc1C1(CCNCC1)C2=O. The molecule has 0 bridgehead atoms. The number of carbonyl (C=O) groups excluding carboxylic acids is 1. The van der Waals surface area contributed by atoms with Crippen LogP contribution in [-0.4, -0.2) is 26.0 Å². The van der Waals surface area contributed by atoms with Crippen LogP contribution in [0.3, 0.4) is 0 Å². The van der Waals surface area contributed by atoms with Gasteiger partial charge in [-0.3, -0.25) is 4.79 Å². The molecule has 7 heteroatoms. The fraction of sp³-hybridized carbons (Fsp3) is 0.381. The number of hydrogen-bond donors (Lipinski definition) is 1. The van der Waals surface area contributed by atoms with Crippen LogP contribution in [0.1, 0.15) is 39.9 Å². The fourth-order valence-electron chi connectivity index (χ4n) is 4.21. The Kier molecular flexibility index (Phi) is 4.70. The first kappa shape index (κ1) is 19.3. The van der Waals surface area contributed by atoms with E-state index in [0.29, 0.717) is 47.7 Å². The molecule has 0 aromatic heterocycles. The number of fused-ring (bicyclic) bond motifs is 3. The Labute approximate surface area is 165 Å². The molecule has 0 unspecified atom stereocenters. The second-order valence-corrected chi connectivity index (χ2v) is 8.37. The van der Waals surface area contributed by atoms with Crippen LogP contribution in [0.15, 0.2) is 40.1 Å². The van der Waals surface area contributed by atoms with Gasteiger partial charge in [-0.05, 0) is 74.3 Å². The van der Waals surface area contributed by atoms with Gasteiger partial charge in [0.15, 0.2) is 5.78 Å². The standard InChI is InChI=1S/C21H20F3NO2S/c1-12-9-14(27-2)11-17-18(12)19(26)20(5-7-25-8-6-20)15-10-13(21(22,23)24)3-4-16(15)28-17/h3-4,9-11,25H,5-8H2,1-2H3. The maximum atomic E-state index is 13.8. The zero-order chi connectivity index (χ0) is 20.1. The minimum atomic E-state index is -4.45. The Morgan fingerprint density at radius 2 is 1.82 bits per heavy atom. The van der Waals surface area contributed by atoms with E-state index in [0.717, 1.165) is 16.5 Å². The van der Waals surface area contributed by atoms with Gasteiger partial charge in [0.1, 0.15) is 5.75 Å². The zero-order valence-corrected chi connectivity index (χ0v) is 16.4. The van der Waals surface area contributed by atoms with E-state index in [4.69, 9.17) is 4.74 Å². The van der Waals surface area contributed by atoms with Gasteiger partial charge in [0.25, 0.3) is 0 Å². The van der Waals surface area contributed by atoms with Crippen molar-refractivity contribution in [3.63, 3.8) is 0 Å². The number of aryl methyl sites for hydroxylation is 1. The quantitative estimate of drug-likeness (QED) is 0.723. The van der Waals surface area contributed by atoms with Crippen LogP contribution < -0.4 is 10.1 Å². The third-order valence-corrected chi connectivity index (χ3v) is 6.79. The van der Waals surface area contributed by atoms with Crippen LogP contribution in [0.4, 0.5) is 13.2 Å². The molecular weight excluding hydrogens is 387 g/mol. The number of benzene rings is 2. The smallest absolute Gasteiger partial charge is 0.416 e. The third kappa shape index (κ3) is 3.01. The van der Waals surface area contributed by atoms with Gasteiger partial charge in [-0.25, -0.2) is 0 Å². The van der Waals surface area contributed by atoms with Crippen LogP contribution in [-0.2, 0) is 11.6 Å². The molecule has 2 aliphatic heterocycles. The van der Waals surface area contributed by atoms with Crippen molar-refractivity contribution < 1.29 is 22.7 Å². The van der Waals surface area contributed by atoms with E-state index in [2.05, 4.69) is 5.32 Å². The first-order valence-corrected chi connectivity index (χ1v) is 9.92. The number of rotatable bonds is 1. The van der Waals surface area contributed by atoms with Gasteiger partial charge >= 0.3 is 6.18 Å². The zero-order valence-electron chi connectivity index (χ0n) is 15.6. The van der Waals surface area contributed by atoms with Crippen molar-refractivity contribution in [1.82, 2.24) is 5.32 Å². The molecule has 0 amide bonds. The lowest BCUT2D eigenvalue weighted by molar-refractivity contribution is -0.137. The Morgan fingerprint density at radius 3 is 2.46 bits per heavy atom. The van der Waals surface area contributed by atoms with Crippen LogP contribution in [0.2, 0.25) is 0 Å². The Hall–Kier alpha value is -1.99. The summed E-state index contributed by atoms with van der Waals surface area (Å²) in [6, 6.07) is 7.40.